The van der Waals surface area contributed by atoms with Crippen LogP contribution < -0.4 is 21.7 Å². The molecule has 4 unspecified atom stereocenters. The van der Waals surface area contributed by atoms with Gasteiger partial charge in [-0.15, -0.1) is 0 Å². The highest BCUT2D eigenvalue weighted by atomic mass is 32.1. The lowest BCUT2D eigenvalue weighted by molar-refractivity contribution is -0.141. The number of benzene rings is 3. The molecule has 0 spiro atoms. The van der Waals surface area contributed by atoms with Crippen LogP contribution in [0.3, 0.4) is 0 Å². The van der Waals surface area contributed by atoms with E-state index >= 15 is 0 Å². The van der Waals surface area contributed by atoms with E-state index in [2.05, 4.69) is 43.5 Å². The van der Waals surface area contributed by atoms with Gasteiger partial charge in [-0.1, -0.05) is 54.6 Å². The Bertz CT molecular complexity index is 2140. The molecule has 6 aromatic rings. The van der Waals surface area contributed by atoms with Gasteiger partial charge in [0.25, 0.3) is 0 Å². The SMILES string of the molecule is NC(Cc1c[nH]c2ccccc12)C(=O)NC(Cc1c[nH]c2ccccc12)C(=O)NC(Cc1c[nH]c2ccccc12)C(=O)NC(CS)C(=O)O. The average molecular weight is 680 g/mol. The second-order valence-electron chi connectivity index (χ2n) is 12.0. The van der Waals surface area contributed by atoms with Crippen LogP contribution in [0.4, 0.5) is 0 Å². The summed E-state index contributed by atoms with van der Waals surface area (Å²) in [5.41, 5.74) is 11.4. The van der Waals surface area contributed by atoms with Crippen LogP contribution in [-0.4, -0.2) is 73.7 Å². The molecule has 0 fully saturated rings. The lowest BCUT2D eigenvalue weighted by Crippen LogP contribution is -2.58. The maximum absolute atomic E-state index is 14.2. The van der Waals surface area contributed by atoms with Crippen molar-refractivity contribution in [3.63, 3.8) is 0 Å². The number of fused-ring (bicyclic) bond motifs is 3. The Labute approximate surface area is 286 Å². The van der Waals surface area contributed by atoms with Crippen molar-refractivity contribution in [1.29, 1.82) is 0 Å². The number of aromatic nitrogens is 3. The number of carbonyl (C=O) groups excluding carboxylic acids is 3. The van der Waals surface area contributed by atoms with E-state index in [0.29, 0.717) is 0 Å². The lowest BCUT2D eigenvalue weighted by atomic mass is 10.0. The standard InChI is InChI=1S/C36H37N7O5S/c37-26(13-20-16-38-27-10-4-1-7-23(20)27)33(44)41-30(14-21-17-39-28-11-5-2-8-24(21)28)34(45)42-31(35(46)43-32(19-49)36(47)48)15-22-18-40-29-12-6-3-9-25(22)29/h1-12,16-18,26,30-32,38-40,49H,13-15,19,37H2,(H,41,44)(H,42,45)(H,43,46)(H,47,48). The summed E-state index contributed by atoms with van der Waals surface area (Å²) >= 11 is 4.07. The largest absolute Gasteiger partial charge is 0.480 e. The normalized spacial score (nSPS) is 13.9. The quantitative estimate of drug-likeness (QED) is 0.0793. The molecule has 3 aromatic carbocycles. The number of aromatic amines is 3. The van der Waals surface area contributed by atoms with Crippen molar-refractivity contribution in [2.24, 2.45) is 5.73 Å². The summed E-state index contributed by atoms with van der Waals surface area (Å²) in [6.45, 7) is 0. The van der Waals surface area contributed by atoms with Crippen molar-refractivity contribution < 1.29 is 24.3 Å². The molecule has 0 saturated heterocycles. The van der Waals surface area contributed by atoms with Gasteiger partial charge in [0.2, 0.25) is 17.7 Å². The Morgan fingerprint density at radius 1 is 0.592 bits per heavy atom. The minimum Gasteiger partial charge on any atom is -0.480 e. The number of para-hydroxylation sites is 3. The first-order chi connectivity index (χ1) is 23.7. The van der Waals surface area contributed by atoms with Gasteiger partial charge in [0.05, 0.1) is 6.04 Å². The topological polar surface area (TPSA) is 198 Å². The highest BCUT2D eigenvalue weighted by molar-refractivity contribution is 7.80. The van der Waals surface area contributed by atoms with Gasteiger partial charge in [-0.05, 0) is 41.3 Å². The molecule has 12 nitrogen and oxygen atoms in total. The third-order valence-electron chi connectivity index (χ3n) is 8.71. The molecule has 4 atom stereocenters. The summed E-state index contributed by atoms with van der Waals surface area (Å²) in [6, 6.07) is 18.2. The van der Waals surface area contributed by atoms with E-state index in [1.54, 1.807) is 12.4 Å². The molecule has 3 amide bonds. The van der Waals surface area contributed by atoms with Crippen LogP contribution in [0.25, 0.3) is 32.7 Å². The van der Waals surface area contributed by atoms with Crippen LogP contribution >= 0.6 is 12.6 Å². The number of amides is 3. The van der Waals surface area contributed by atoms with Crippen molar-refractivity contribution in [3.05, 3.63) is 108 Å². The molecule has 0 radical (unpaired) electrons. The molecular weight excluding hydrogens is 643 g/mol. The Hall–Kier alpha value is -5.53. The monoisotopic (exact) mass is 679 g/mol. The molecule has 9 N–H and O–H groups in total. The molecule has 252 valence electrons. The van der Waals surface area contributed by atoms with Crippen LogP contribution in [0, 0.1) is 0 Å². The summed E-state index contributed by atoms with van der Waals surface area (Å²) in [6.07, 6.45) is 5.72. The summed E-state index contributed by atoms with van der Waals surface area (Å²) in [7, 11) is 0. The van der Waals surface area contributed by atoms with Gasteiger partial charge in [-0.25, -0.2) is 4.79 Å². The van der Waals surface area contributed by atoms with Crippen LogP contribution in [0.5, 0.6) is 0 Å². The van der Waals surface area contributed by atoms with E-state index < -0.39 is 47.9 Å². The van der Waals surface area contributed by atoms with Crippen LogP contribution in [0.1, 0.15) is 16.7 Å². The molecular formula is C36H37N7O5S. The highest BCUT2D eigenvalue weighted by Gasteiger charge is 2.31. The zero-order chi connectivity index (χ0) is 34.5. The molecule has 0 aliphatic rings. The van der Waals surface area contributed by atoms with Gasteiger partial charge in [0.1, 0.15) is 18.1 Å². The average Bonchev–Trinajstić information content (AvgIpc) is 3.83. The Morgan fingerprint density at radius 2 is 0.959 bits per heavy atom. The van der Waals surface area contributed by atoms with Crippen LogP contribution in [0.15, 0.2) is 91.4 Å². The number of thiol groups is 1. The van der Waals surface area contributed by atoms with E-state index in [1.807, 2.05) is 79.0 Å². The van der Waals surface area contributed by atoms with Gasteiger partial charge in [0, 0.05) is 69.9 Å². The van der Waals surface area contributed by atoms with E-state index in [1.165, 1.54) is 0 Å². The molecule has 0 aliphatic carbocycles. The number of nitrogens with one attached hydrogen (secondary N) is 6. The second-order valence-corrected chi connectivity index (χ2v) is 12.4. The van der Waals surface area contributed by atoms with E-state index in [9.17, 15) is 24.3 Å². The molecule has 13 heteroatoms. The van der Waals surface area contributed by atoms with Gasteiger partial charge < -0.3 is 41.7 Å². The zero-order valence-electron chi connectivity index (χ0n) is 26.4. The van der Waals surface area contributed by atoms with E-state index in [-0.39, 0.29) is 25.0 Å². The van der Waals surface area contributed by atoms with Crippen molar-refractivity contribution in [3.8, 4) is 0 Å². The number of aliphatic carboxylic acids is 1. The first-order valence-electron chi connectivity index (χ1n) is 15.9. The number of carboxylic acid groups (broad SMARTS) is 1. The predicted octanol–water partition coefficient (Wildman–Crippen LogP) is 2.95. The molecule has 0 bridgehead atoms. The third-order valence-corrected chi connectivity index (χ3v) is 9.08. The maximum atomic E-state index is 14.2. The number of H-pyrrole nitrogens is 3. The fourth-order valence-electron chi connectivity index (χ4n) is 6.10. The van der Waals surface area contributed by atoms with Gasteiger partial charge in [0.15, 0.2) is 0 Å². The molecule has 3 aromatic heterocycles. The van der Waals surface area contributed by atoms with Gasteiger partial charge in [-0.2, -0.15) is 12.6 Å². The Morgan fingerprint density at radius 3 is 1.37 bits per heavy atom. The molecule has 0 aliphatic heterocycles. The van der Waals surface area contributed by atoms with Crippen molar-refractivity contribution in [1.82, 2.24) is 30.9 Å². The van der Waals surface area contributed by atoms with Crippen molar-refractivity contribution in [2.45, 2.75) is 43.4 Å². The highest BCUT2D eigenvalue weighted by Crippen LogP contribution is 2.22. The zero-order valence-corrected chi connectivity index (χ0v) is 27.3. The maximum Gasteiger partial charge on any atom is 0.327 e. The molecule has 3 heterocycles. The summed E-state index contributed by atoms with van der Waals surface area (Å²) in [5.74, 6) is -3.27. The fraction of sp³-hybridized carbons (Fsp3) is 0.222. The molecule has 6 rings (SSSR count). The number of carboxylic acids is 1. The number of carbonyl (C=O) groups is 4. The summed E-state index contributed by atoms with van der Waals surface area (Å²) in [5, 5.41) is 20.4. The Balaban J connectivity index is 1.27. The fourth-order valence-corrected chi connectivity index (χ4v) is 6.35. The summed E-state index contributed by atoms with van der Waals surface area (Å²) in [4.78, 5) is 62.6. The number of hydrogen-bond donors (Lipinski definition) is 9. The van der Waals surface area contributed by atoms with Crippen molar-refractivity contribution in [2.75, 3.05) is 5.75 Å². The first-order valence-corrected chi connectivity index (χ1v) is 16.5. The Kier molecular flexibility index (Phi) is 10.0. The number of nitrogens with two attached hydrogens (primary N) is 1. The smallest absolute Gasteiger partial charge is 0.327 e. The molecule has 49 heavy (non-hydrogen) atoms. The van der Waals surface area contributed by atoms with Gasteiger partial charge in [-0.3, -0.25) is 14.4 Å². The predicted molar refractivity (Wildman–Crippen MR) is 191 cm³/mol. The minimum atomic E-state index is -1.28. The minimum absolute atomic E-state index is 0.0499. The molecule has 0 saturated carbocycles. The van der Waals surface area contributed by atoms with E-state index in [0.717, 1.165) is 49.4 Å². The second kappa shape index (κ2) is 14.7. The van der Waals surface area contributed by atoms with E-state index in [4.69, 9.17) is 5.73 Å². The number of rotatable bonds is 14. The van der Waals surface area contributed by atoms with Crippen LogP contribution in [-0.2, 0) is 38.4 Å². The lowest BCUT2D eigenvalue weighted by Gasteiger charge is -2.25. The summed E-state index contributed by atoms with van der Waals surface area (Å²) < 4.78 is 0. The van der Waals surface area contributed by atoms with Crippen LogP contribution in [0.2, 0.25) is 0 Å². The first kappa shape index (κ1) is 33.4. The van der Waals surface area contributed by atoms with Gasteiger partial charge >= 0.3 is 5.97 Å². The third kappa shape index (κ3) is 7.47. The number of hydrogen-bond acceptors (Lipinski definition) is 6. The van der Waals surface area contributed by atoms with Crippen molar-refractivity contribution >= 4 is 69.0 Å².